The van der Waals surface area contributed by atoms with Crippen molar-refractivity contribution in [3.05, 3.63) is 83.2 Å². The van der Waals surface area contributed by atoms with Gasteiger partial charge in [0, 0.05) is 24.8 Å². The zero-order chi connectivity index (χ0) is 20.4. The molecule has 0 spiro atoms. The van der Waals surface area contributed by atoms with E-state index in [9.17, 15) is 9.59 Å². The molecule has 148 valence electrons. The van der Waals surface area contributed by atoms with Gasteiger partial charge in [-0.15, -0.1) is 0 Å². The number of carbonyl (C=O) groups is 2. The topological polar surface area (TPSA) is 78.1 Å². The Balaban J connectivity index is 1.48. The number of nitrogens with zero attached hydrogens (tertiary/aromatic N) is 2. The highest BCUT2D eigenvalue weighted by Gasteiger charge is 2.32. The second-order valence-corrected chi connectivity index (χ2v) is 7.56. The number of carbonyl (C=O) groups excluding carboxylic acids is 2. The number of anilines is 1. The summed E-state index contributed by atoms with van der Waals surface area (Å²) in [4.78, 5) is 27.3. The lowest BCUT2D eigenvalue weighted by atomic mass is 9.94. The third kappa shape index (κ3) is 3.92. The number of hydrogen-bond acceptors (Lipinski definition) is 3. The van der Waals surface area contributed by atoms with E-state index in [0.717, 1.165) is 22.5 Å². The normalized spacial score (nSPS) is 18.8. The van der Waals surface area contributed by atoms with E-state index in [2.05, 4.69) is 22.4 Å². The molecule has 2 atom stereocenters. The fourth-order valence-electron chi connectivity index (χ4n) is 3.88. The van der Waals surface area contributed by atoms with Crippen molar-refractivity contribution in [3.63, 3.8) is 0 Å². The van der Waals surface area contributed by atoms with Gasteiger partial charge in [0.2, 0.25) is 5.91 Å². The Morgan fingerprint density at radius 1 is 1.17 bits per heavy atom. The van der Waals surface area contributed by atoms with Crippen LogP contribution < -0.4 is 10.2 Å². The van der Waals surface area contributed by atoms with Gasteiger partial charge in [-0.05, 0) is 35.6 Å². The van der Waals surface area contributed by atoms with Crippen molar-refractivity contribution in [3.8, 4) is 0 Å². The van der Waals surface area contributed by atoms with E-state index in [-0.39, 0.29) is 17.7 Å². The van der Waals surface area contributed by atoms with Crippen LogP contribution in [0, 0.1) is 0 Å². The largest absolute Gasteiger partial charge is 0.339 e. The maximum absolute atomic E-state index is 12.9. The second-order valence-electron chi connectivity index (χ2n) is 7.56. The fraction of sp³-hybridized carbons (Fsp3) is 0.261. The zero-order valence-corrected chi connectivity index (χ0v) is 16.6. The van der Waals surface area contributed by atoms with Crippen LogP contribution in [0.15, 0.2) is 60.7 Å². The number of rotatable bonds is 4. The van der Waals surface area contributed by atoms with Crippen molar-refractivity contribution in [2.45, 2.75) is 31.7 Å². The van der Waals surface area contributed by atoms with Gasteiger partial charge in [0.15, 0.2) is 0 Å². The van der Waals surface area contributed by atoms with Crippen LogP contribution in [0.25, 0.3) is 0 Å². The lowest BCUT2D eigenvalue weighted by molar-refractivity contribution is -0.120. The summed E-state index contributed by atoms with van der Waals surface area (Å²) in [6, 6.07) is 19.0. The Bertz CT molecular complexity index is 1030. The number of amides is 2. The smallest absolute Gasteiger partial charge is 0.272 e. The first-order chi connectivity index (χ1) is 14.0. The van der Waals surface area contributed by atoms with Crippen molar-refractivity contribution >= 4 is 17.5 Å². The van der Waals surface area contributed by atoms with Crippen molar-refractivity contribution < 1.29 is 9.59 Å². The number of nitrogens with one attached hydrogen (secondary N) is 2. The molecule has 6 nitrogen and oxygen atoms in total. The summed E-state index contributed by atoms with van der Waals surface area (Å²) in [5.74, 6) is -0.307. The molecule has 0 fully saturated rings. The van der Waals surface area contributed by atoms with Crippen LogP contribution in [0.1, 0.15) is 46.6 Å². The molecule has 2 unspecified atom stereocenters. The molecule has 29 heavy (non-hydrogen) atoms. The summed E-state index contributed by atoms with van der Waals surface area (Å²) in [5, 5.41) is 9.95. The Kier molecular flexibility index (Phi) is 5.16. The maximum atomic E-state index is 12.9. The van der Waals surface area contributed by atoms with E-state index < -0.39 is 6.04 Å². The number of aromatic nitrogens is 2. The molecule has 1 aliphatic rings. The molecular formula is C23H24N4O2. The Labute approximate surface area is 169 Å². The van der Waals surface area contributed by atoms with Gasteiger partial charge in [-0.25, -0.2) is 0 Å². The van der Waals surface area contributed by atoms with Gasteiger partial charge in [0.25, 0.3) is 5.91 Å². The van der Waals surface area contributed by atoms with E-state index in [4.69, 9.17) is 0 Å². The van der Waals surface area contributed by atoms with Gasteiger partial charge >= 0.3 is 0 Å². The van der Waals surface area contributed by atoms with Crippen molar-refractivity contribution in [2.75, 3.05) is 11.9 Å². The highest BCUT2D eigenvalue weighted by molar-refractivity contribution is 6.02. The Morgan fingerprint density at radius 3 is 2.69 bits per heavy atom. The summed E-state index contributed by atoms with van der Waals surface area (Å²) in [6.45, 7) is 2.08. The average molecular weight is 388 g/mol. The minimum atomic E-state index is -0.593. The van der Waals surface area contributed by atoms with Crippen LogP contribution in [0.5, 0.6) is 0 Å². The van der Waals surface area contributed by atoms with Crippen molar-refractivity contribution in [2.24, 2.45) is 0 Å². The van der Waals surface area contributed by atoms with Gasteiger partial charge in [-0.3, -0.25) is 14.7 Å². The Hall–Kier alpha value is -3.41. The highest BCUT2D eigenvalue weighted by atomic mass is 16.2. The standard InChI is InChI=1S/C23H24N4O2/c1-15-12-20(23(29)27(2)21-11-7-6-10-18(15)21)24-22(28)19-14-17(25-26-19)13-16-8-4-3-5-9-16/h3-11,14-15,20H,12-13H2,1-2H3,(H,24,28)(H,25,26). The summed E-state index contributed by atoms with van der Waals surface area (Å²) >= 11 is 0. The molecule has 2 N–H and O–H groups in total. The SMILES string of the molecule is CC1CC(NC(=O)c2cc(Cc3ccccc3)[nH]n2)C(=O)N(C)c2ccccc21. The zero-order valence-electron chi connectivity index (χ0n) is 16.6. The minimum Gasteiger partial charge on any atom is -0.339 e. The van der Waals surface area contributed by atoms with Gasteiger partial charge in [-0.1, -0.05) is 55.5 Å². The number of benzene rings is 2. The molecule has 1 aromatic heterocycles. The predicted octanol–water partition coefficient (Wildman–Crippen LogP) is 3.27. The number of likely N-dealkylation sites (N-methyl/N-ethyl adjacent to an activating group) is 1. The van der Waals surface area contributed by atoms with Crippen molar-refractivity contribution in [1.82, 2.24) is 15.5 Å². The molecule has 2 amide bonds. The summed E-state index contributed by atoms with van der Waals surface area (Å²) < 4.78 is 0. The van der Waals surface area contributed by atoms with Crippen LogP contribution >= 0.6 is 0 Å². The molecule has 6 heteroatoms. The van der Waals surface area contributed by atoms with Crippen LogP contribution in [-0.2, 0) is 11.2 Å². The molecule has 1 aliphatic heterocycles. The first-order valence-corrected chi connectivity index (χ1v) is 9.78. The maximum Gasteiger partial charge on any atom is 0.272 e. The first-order valence-electron chi connectivity index (χ1n) is 9.78. The summed E-state index contributed by atoms with van der Waals surface area (Å²) in [5.41, 5.74) is 4.29. The third-order valence-electron chi connectivity index (χ3n) is 5.45. The van der Waals surface area contributed by atoms with Crippen LogP contribution in [0.3, 0.4) is 0 Å². The monoisotopic (exact) mass is 388 g/mol. The minimum absolute atomic E-state index is 0.116. The first kappa shape index (κ1) is 18.9. The van der Waals surface area contributed by atoms with Gasteiger partial charge in [-0.2, -0.15) is 5.10 Å². The number of hydrogen-bond donors (Lipinski definition) is 2. The summed E-state index contributed by atoms with van der Waals surface area (Å²) in [6.07, 6.45) is 1.21. The lowest BCUT2D eigenvalue weighted by Gasteiger charge is -2.21. The van der Waals surface area contributed by atoms with E-state index in [1.807, 2.05) is 54.6 Å². The quantitative estimate of drug-likeness (QED) is 0.720. The van der Waals surface area contributed by atoms with Crippen LogP contribution in [0.2, 0.25) is 0 Å². The van der Waals surface area contributed by atoms with Gasteiger partial charge < -0.3 is 10.2 Å². The lowest BCUT2D eigenvalue weighted by Crippen LogP contribution is -2.47. The van der Waals surface area contributed by atoms with Crippen LogP contribution in [-0.4, -0.2) is 35.1 Å². The molecular weight excluding hydrogens is 364 g/mol. The molecule has 2 heterocycles. The van der Waals surface area contributed by atoms with E-state index in [1.165, 1.54) is 0 Å². The molecule has 3 aromatic rings. The summed E-state index contributed by atoms with van der Waals surface area (Å²) in [7, 11) is 1.75. The molecule has 0 bridgehead atoms. The van der Waals surface area contributed by atoms with Gasteiger partial charge in [0.05, 0.1) is 0 Å². The van der Waals surface area contributed by atoms with E-state index in [1.54, 1.807) is 18.0 Å². The molecule has 0 aliphatic carbocycles. The van der Waals surface area contributed by atoms with Gasteiger partial charge in [0.1, 0.15) is 11.7 Å². The number of para-hydroxylation sites is 1. The molecule has 0 radical (unpaired) electrons. The number of fused-ring (bicyclic) bond motifs is 1. The van der Waals surface area contributed by atoms with Crippen LogP contribution in [0.4, 0.5) is 5.69 Å². The molecule has 2 aromatic carbocycles. The number of H-pyrrole nitrogens is 1. The number of aromatic amines is 1. The molecule has 0 saturated heterocycles. The van der Waals surface area contributed by atoms with E-state index in [0.29, 0.717) is 18.5 Å². The molecule has 4 rings (SSSR count). The van der Waals surface area contributed by atoms with Crippen molar-refractivity contribution in [1.29, 1.82) is 0 Å². The van der Waals surface area contributed by atoms with E-state index >= 15 is 0 Å². The average Bonchev–Trinajstić information content (AvgIpc) is 3.18. The predicted molar refractivity (Wildman–Crippen MR) is 112 cm³/mol. The molecule has 0 saturated carbocycles. The third-order valence-corrected chi connectivity index (χ3v) is 5.45. The fourth-order valence-corrected chi connectivity index (χ4v) is 3.88. The highest BCUT2D eigenvalue weighted by Crippen LogP contribution is 2.33. The Morgan fingerprint density at radius 2 is 1.90 bits per heavy atom. The second kappa shape index (κ2) is 7.91.